The third kappa shape index (κ3) is 8.50. The molecule has 0 radical (unpaired) electrons. The van der Waals surface area contributed by atoms with Crippen LogP contribution in [-0.4, -0.2) is 48.0 Å². The third-order valence-corrected chi connectivity index (χ3v) is 6.98. The Hall–Kier alpha value is -2.66. The van der Waals surface area contributed by atoms with Crippen LogP contribution in [0.5, 0.6) is 0 Å². The SMILES string of the molecule is O=C(Nc1ccccc1-c1nc(C2CCCCC2)cs1)OCC1CCNCC1.O=C(O)C(F)(F)F. The van der Waals surface area contributed by atoms with Crippen molar-refractivity contribution in [3.05, 3.63) is 35.3 Å². The van der Waals surface area contributed by atoms with Crippen molar-refractivity contribution < 1.29 is 32.6 Å². The molecule has 0 unspecified atom stereocenters. The second-order valence-electron chi connectivity index (χ2n) is 8.68. The fourth-order valence-corrected chi connectivity index (χ4v) is 5.10. The van der Waals surface area contributed by atoms with E-state index in [4.69, 9.17) is 19.6 Å². The van der Waals surface area contributed by atoms with Crippen LogP contribution in [0.15, 0.2) is 29.6 Å². The van der Waals surface area contributed by atoms with Gasteiger partial charge in [0.15, 0.2) is 0 Å². The van der Waals surface area contributed by atoms with E-state index in [2.05, 4.69) is 16.0 Å². The number of alkyl halides is 3. The number of thiazole rings is 1. The Morgan fingerprint density at radius 2 is 1.77 bits per heavy atom. The number of aromatic nitrogens is 1. The van der Waals surface area contributed by atoms with Crippen LogP contribution in [0.2, 0.25) is 0 Å². The Morgan fingerprint density at radius 1 is 1.11 bits per heavy atom. The van der Waals surface area contributed by atoms with Gasteiger partial charge in [-0.2, -0.15) is 13.2 Å². The van der Waals surface area contributed by atoms with Crippen molar-refractivity contribution in [3.63, 3.8) is 0 Å². The zero-order valence-corrected chi connectivity index (χ0v) is 20.1. The highest BCUT2D eigenvalue weighted by Crippen LogP contribution is 2.37. The van der Waals surface area contributed by atoms with Crippen LogP contribution in [0.4, 0.5) is 23.7 Å². The molecule has 192 valence electrons. The van der Waals surface area contributed by atoms with E-state index in [9.17, 15) is 18.0 Å². The fraction of sp³-hybridized carbons (Fsp3) is 0.542. The lowest BCUT2D eigenvalue weighted by Crippen LogP contribution is -2.31. The molecule has 7 nitrogen and oxygen atoms in total. The summed E-state index contributed by atoms with van der Waals surface area (Å²) in [5.74, 6) is -1.71. The first-order valence-electron chi connectivity index (χ1n) is 11.7. The highest BCUT2D eigenvalue weighted by Gasteiger charge is 2.38. The average molecular weight is 514 g/mol. The van der Waals surface area contributed by atoms with Crippen molar-refractivity contribution in [1.82, 2.24) is 10.3 Å². The number of benzene rings is 1. The number of carboxylic acid groups (broad SMARTS) is 1. The normalized spacial score (nSPS) is 17.2. The smallest absolute Gasteiger partial charge is 0.475 e. The number of halogens is 3. The Labute approximate surface area is 206 Å². The molecular formula is C24H30F3N3O4S. The Morgan fingerprint density at radius 3 is 2.43 bits per heavy atom. The molecule has 1 saturated heterocycles. The summed E-state index contributed by atoms with van der Waals surface area (Å²) in [5, 5.41) is 16.5. The van der Waals surface area contributed by atoms with E-state index in [-0.39, 0.29) is 6.09 Å². The standard InChI is InChI=1S/C22H29N3O2S.C2HF3O2/c26-22(27-14-16-10-12-23-13-11-16)25-19-9-5-4-8-18(19)21-24-20(15-28-21)17-6-2-1-3-7-17;3-2(4,5)1(6)7/h4-5,8-9,15-17,23H,1-3,6-7,10-14H2,(H,25,26);(H,6,7). The minimum Gasteiger partial charge on any atom is -0.475 e. The summed E-state index contributed by atoms with van der Waals surface area (Å²) in [6, 6.07) is 7.86. The van der Waals surface area contributed by atoms with Gasteiger partial charge in [0.1, 0.15) is 5.01 Å². The summed E-state index contributed by atoms with van der Waals surface area (Å²) in [6.07, 6.45) is 3.10. The van der Waals surface area contributed by atoms with E-state index >= 15 is 0 Å². The number of hydrogen-bond acceptors (Lipinski definition) is 6. The Balaban J connectivity index is 0.000000429. The molecule has 1 aromatic carbocycles. The number of para-hydroxylation sites is 1. The predicted octanol–water partition coefficient (Wildman–Crippen LogP) is 6.04. The van der Waals surface area contributed by atoms with Crippen LogP contribution in [-0.2, 0) is 9.53 Å². The van der Waals surface area contributed by atoms with Gasteiger partial charge in [-0.05, 0) is 56.8 Å². The highest BCUT2D eigenvalue weighted by molar-refractivity contribution is 7.13. The lowest BCUT2D eigenvalue weighted by molar-refractivity contribution is -0.192. The van der Waals surface area contributed by atoms with Crippen LogP contribution in [0, 0.1) is 5.92 Å². The van der Waals surface area contributed by atoms with Gasteiger partial charge in [-0.25, -0.2) is 14.6 Å². The van der Waals surface area contributed by atoms with E-state index in [0.29, 0.717) is 18.4 Å². The van der Waals surface area contributed by atoms with Crippen LogP contribution >= 0.6 is 11.3 Å². The zero-order chi connectivity index (χ0) is 25.3. The van der Waals surface area contributed by atoms with Gasteiger partial charge >= 0.3 is 18.2 Å². The molecule has 1 aliphatic heterocycles. The molecule has 2 aromatic rings. The summed E-state index contributed by atoms with van der Waals surface area (Å²) in [4.78, 5) is 26.1. The van der Waals surface area contributed by atoms with Crippen molar-refractivity contribution in [2.24, 2.45) is 5.92 Å². The van der Waals surface area contributed by atoms with Crippen LogP contribution in [0.1, 0.15) is 56.6 Å². The summed E-state index contributed by atoms with van der Waals surface area (Å²) in [6.45, 7) is 2.50. The number of rotatable bonds is 5. The average Bonchev–Trinajstić information content (AvgIpc) is 3.34. The molecule has 1 saturated carbocycles. The summed E-state index contributed by atoms with van der Waals surface area (Å²) < 4.78 is 37.2. The Bertz CT molecular complexity index is 971. The highest BCUT2D eigenvalue weighted by atomic mass is 32.1. The van der Waals surface area contributed by atoms with Crippen molar-refractivity contribution in [1.29, 1.82) is 0 Å². The third-order valence-electron chi connectivity index (χ3n) is 6.09. The van der Waals surface area contributed by atoms with Crippen molar-refractivity contribution in [2.75, 3.05) is 25.0 Å². The van der Waals surface area contributed by atoms with Crippen LogP contribution in [0.25, 0.3) is 10.6 Å². The van der Waals surface area contributed by atoms with Crippen LogP contribution < -0.4 is 10.6 Å². The molecule has 0 atom stereocenters. The second-order valence-corrected chi connectivity index (χ2v) is 9.54. The van der Waals surface area contributed by atoms with Gasteiger partial charge in [-0.1, -0.05) is 31.4 Å². The number of hydrogen-bond donors (Lipinski definition) is 3. The number of nitrogens with one attached hydrogen (secondary N) is 2. The fourth-order valence-electron chi connectivity index (χ4n) is 4.16. The zero-order valence-electron chi connectivity index (χ0n) is 19.3. The number of aliphatic carboxylic acids is 1. The maximum atomic E-state index is 12.3. The van der Waals surface area contributed by atoms with Crippen LogP contribution in [0.3, 0.4) is 0 Å². The van der Waals surface area contributed by atoms with E-state index in [1.54, 1.807) is 11.3 Å². The molecule has 0 bridgehead atoms. The molecule has 2 aliphatic rings. The maximum Gasteiger partial charge on any atom is 0.490 e. The van der Waals surface area contributed by atoms with Crippen molar-refractivity contribution in [2.45, 2.75) is 57.0 Å². The first-order chi connectivity index (χ1) is 16.7. The molecule has 2 fully saturated rings. The molecule has 1 aromatic heterocycles. The largest absolute Gasteiger partial charge is 0.490 e. The Kier molecular flexibility index (Phi) is 9.91. The van der Waals surface area contributed by atoms with E-state index in [1.165, 1.54) is 37.8 Å². The summed E-state index contributed by atoms with van der Waals surface area (Å²) in [5.41, 5.74) is 2.94. The summed E-state index contributed by atoms with van der Waals surface area (Å²) >= 11 is 1.66. The number of piperidine rings is 1. The van der Waals surface area contributed by atoms with E-state index in [0.717, 1.165) is 42.2 Å². The number of nitrogens with zero attached hydrogens (tertiary/aromatic N) is 1. The van der Waals surface area contributed by atoms with E-state index in [1.807, 2.05) is 24.3 Å². The number of amides is 1. The monoisotopic (exact) mass is 513 g/mol. The molecule has 0 spiro atoms. The maximum absolute atomic E-state index is 12.3. The molecule has 2 heterocycles. The van der Waals surface area contributed by atoms with Crippen molar-refractivity contribution >= 4 is 29.1 Å². The lowest BCUT2D eigenvalue weighted by Gasteiger charge is -2.22. The van der Waals surface area contributed by atoms with Gasteiger partial charge in [-0.15, -0.1) is 11.3 Å². The molecule has 4 rings (SSSR count). The molecule has 1 amide bonds. The number of carbonyl (C=O) groups excluding carboxylic acids is 1. The molecule has 1 aliphatic carbocycles. The first kappa shape index (κ1) is 26.9. The van der Waals surface area contributed by atoms with Gasteiger partial charge in [0.2, 0.25) is 0 Å². The molecule has 11 heteroatoms. The predicted molar refractivity (Wildman–Crippen MR) is 128 cm³/mol. The minimum atomic E-state index is -5.08. The topological polar surface area (TPSA) is 101 Å². The van der Waals surface area contributed by atoms with E-state index < -0.39 is 12.1 Å². The summed E-state index contributed by atoms with van der Waals surface area (Å²) in [7, 11) is 0. The second kappa shape index (κ2) is 12.9. The number of anilines is 1. The lowest BCUT2D eigenvalue weighted by atomic mass is 9.87. The number of ether oxygens (including phenoxy) is 1. The molecule has 35 heavy (non-hydrogen) atoms. The van der Waals surface area contributed by atoms with Gasteiger partial charge in [0, 0.05) is 16.9 Å². The number of carbonyl (C=O) groups is 2. The quantitative estimate of drug-likeness (QED) is 0.451. The molecular weight excluding hydrogens is 483 g/mol. The van der Waals surface area contributed by atoms with Gasteiger partial charge in [0.25, 0.3) is 0 Å². The molecule has 3 N–H and O–H groups in total. The van der Waals surface area contributed by atoms with Gasteiger partial charge in [-0.3, -0.25) is 5.32 Å². The number of carboxylic acids is 1. The van der Waals surface area contributed by atoms with Crippen molar-refractivity contribution in [3.8, 4) is 10.6 Å². The van der Waals surface area contributed by atoms with Gasteiger partial charge < -0.3 is 15.2 Å². The van der Waals surface area contributed by atoms with Gasteiger partial charge in [0.05, 0.1) is 18.0 Å². The minimum absolute atomic E-state index is 0.380. The first-order valence-corrected chi connectivity index (χ1v) is 12.6.